The molecule has 0 saturated heterocycles. The van der Waals surface area contributed by atoms with E-state index >= 15 is 0 Å². The van der Waals surface area contributed by atoms with E-state index in [0.29, 0.717) is 0 Å². The smallest absolute Gasteiger partial charge is 0.223 e. The summed E-state index contributed by atoms with van der Waals surface area (Å²) in [4.78, 5) is -0.147. The highest BCUT2D eigenvalue weighted by Gasteiger charge is 2.34. The van der Waals surface area contributed by atoms with Gasteiger partial charge in [-0.15, -0.1) is 0 Å². The lowest BCUT2D eigenvalue weighted by Crippen LogP contribution is -2.11. The minimum absolute atomic E-state index is 0.0162. The van der Waals surface area contributed by atoms with Crippen molar-refractivity contribution in [2.45, 2.75) is 11.1 Å². The van der Waals surface area contributed by atoms with Gasteiger partial charge in [-0.25, -0.2) is 12.8 Å². The maximum Gasteiger partial charge on any atom is 0.442 e. The monoisotopic (exact) mass is 268 g/mol. The summed E-state index contributed by atoms with van der Waals surface area (Å²) >= 11 is 0. The SMILES string of the molecule is O=S(=O)(C/C=C(\F)C(F)(F)F)c1ccccc1. The first-order valence-electron chi connectivity index (χ1n) is 4.44. The number of hydrogen-bond donors (Lipinski definition) is 0. The largest absolute Gasteiger partial charge is 0.442 e. The summed E-state index contributed by atoms with van der Waals surface area (Å²) in [5, 5.41) is 0. The average Bonchev–Trinajstić information content (AvgIpc) is 2.26. The van der Waals surface area contributed by atoms with Gasteiger partial charge in [0.1, 0.15) is 0 Å². The van der Waals surface area contributed by atoms with Crippen LogP contribution in [0.1, 0.15) is 0 Å². The maximum atomic E-state index is 12.4. The Bertz CT molecular complexity index is 503. The minimum Gasteiger partial charge on any atom is -0.223 e. The first kappa shape index (κ1) is 13.7. The van der Waals surface area contributed by atoms with Crippen LogP contribution in [-0.4, -0.2) is 20.3 Å². The van der Waals surface area contributed by atoms with Crippen molar-refractivity contribution >= 4 is 9.84 Å². The van der Waals surface area contributed by atoms with Gasteiger partial charge >= 0.3 is 6.18 Å². The van der Waals surface area contributed by atoms with Gasteiger partial charge in [-0.2, -0.15) is 13.2 Å². The molecule has 0 fully saturated rings. The second kappa shape index (κ2) is 4.87. The van der Waals surface area contributed by atoms with Gasteiger partial charge in [-0.3, -0.25) is 0 Å². The summed E-state index contributed by atoms with van der Waals surface area (Å²) < 4.78 is 70.8. The molecule has 1 aromatic carbocycles. The number of rotatable bonds is 3. The third kappa shape index (κ3) is 3.85. The Hall–Kier alpha value is -1.37. The molecule has 0 aliphatic carbocycles. The van der Waals surface area contributed by atoms with Crippen molar-refractivity contribution in [3.8, 4) is 0 Å². The van der Waals surface area contributed by atoms with Crippen LogP contribution >= 0.6 is 0 Å². The van der Waals surface area contributed by atoms with Crippen LogP contribution in [0.15, 0.2) is 47.1 Å². The quantitative estimate of drug-likeness (QED) is 0.790. The molecule has 0 heterocycles. The van der Waals surface area contributed by atoms with E-state index in [4.69, 9.17) is 0 Å². The van der Waals surface area contributed by atoms with Gasteiger partial charge in [0.2, 0.25) is 5.83 Å². The fourth-order valence-electron chi connectivity index (χ4n) is 1.02. The van der Waals surface area contributed by atoms with E-state index in [1.807, 2.05) is 0 Å². The third-order valence-electron chi connectivity index (χ3n) is 1.86. The van der Waals surface area contributed by atoms with E-state index in [9.17, 15) is 26.0 Å². The van der Waals surface area contributed by atoms with Crippen LogP contribution < -0.4 is 0 Å². The lowest BCUT2D eigenvalue weighted by molar-refractivity contribution is -0.108. The van der Waals surface area contributed by atoms with Crippen molar-refractivity contribution in [2.75, 3.05) is 5.75 Å². The van der Waals surface area contributed by atoms with Crippen molar-refractivity contribution in [2.24, 2.45) is 0 Å². The molecule has 0 atom stereocenters. The van der Waals surface area contributed by atoms with E-state index in [1.165, 1.54) is 24.3 Å². The number of halogens is 4. The number of sulfone groups is 1. The number of alkyl halides is 3. The zero-order valence-electron chi connectivity index (χ0n) is 8.41. The molecular formula is C10H8F4O2S. The molecule has 2 nitrogen and oxygen atoms in total. The minimum atomic E-state index is -5.15. The van der Waals surface area contributed by atoms with Gasteiger partial charge in [0, 0.05) is 0 Å². The summed E-state index contributed by atoms with van der Waals surface area (Å²) in [7, 11) is -3.93. The van der Waals surface area contributed by atoms with E-state index in [2.05, 4.69) is 0 Å². The van der Waals surface area contributed by atoms with Crippen molar-refractivity contribution in [3.63, 3.8) is 0 Å². The molecule has 7 heteroatoms. The first-order chi connectivity index (χ1) is 7.73. The van der Waals surface area contributed by atoms with Gasteiger partial charge in [0.15, 0.2) is 9.84 Å². The highest BCUT2D eigenvalue weighted by molar-refractivity contribution is 7.91. The highest BCUT2D eigenvalue weighted by atomic mass is 32.2. The molecule has 0 bridgehead atoms. The van der Waals surface area contributed by atoms with Crippen molar-refractivity contribution in [3.05, 3.63) is 42.2 Å². The molecule has 17 heavy (non-hydrogen) atoms. The molecule has 0 aliphatic rings. The zero-order valence-corrected chi connectivity index (χ0v) is 9.22. The Kier molecular flexibility index (Phi) is 3.92. The summed E-state index contributed by atoms with van der Waals surface area (Å²) in [5.41, 5.74) is 0. The van der Waals surface area contributed by atoms with Crippen LogP contribution in [0.25, 0.3) is 0 Å². The lowest BCUT2D eigenvalue weighted by Gasteiger charge is -2.03. The fraction of sp³-hybridized carbons (Fsp3) is 0.200. The lowest BCUT2D eigenvalue weighted by atomic mass is 10.4. The Morgan fingerprint density at radius 2 is 1.71 bits per heavy atom. The van der Waals surface area contributed by atoms with Gasteiger partial charge in [0.25, 0.3) is 0 Å². The average molecular weight is 268 g/mol. The summed E-state index contributed by atoms with van der Waals surface area (Å²) in [6.45, 7) is 0. The van der Waals surface area contributed by atoms with Crippen molar-refractivity contribution in [1.29, 1.82) is 0 Å². The first-order valence-corrected chi connectivity index (χ1v) is 6.09. The van der Waals surface area contributed by atoms with E-state index in [0.717, 1.165) is 0 Å². The Balaban J connectivity index is 2.90. The van der Waals surface area contributed by atoms with Gasteiger partial charge in [-0.05, 0) is 18.2 Å². The van der Waals surface area contributed by atoms with Crippen LogP contribution in [-0.2, 0) is 9.84 Å². The zero-order chi connectivity index (χ0) is 13.1. The topological polar surface area (TPSA) is 34.1 Å². The molecule has 0 saturated carbocycles. The predicted octanol–water partition coefficient (Wildman–Crippen LogP) is 2.88. The Labute approximate surface area is 95.5 Å². The van der Waals surface area contributed by atoms with Crippen LogP contribution in [0.3, 0.4) is 0 Å². The number of allylic oxidation sites excluding steroid dienone is 1. The summed E-state index contributed by atoms with van der Waals surface area (Å²) in [5.74, 6) is -3.43. The Morgan fingerprint density at radius 3 is 2.18 bits per heavy atom. The number of benzene rings is 1. The van der Waals surface area contributed by atoms with Gasteiger partial charge in [0.05, 0.1) is 10.6 Å². The standard InChI is InChI=1S/C10H8F4O2S/c11-9(10(12,13)14)6-7-17(15,16)8-4-2-1-3-5-8/h1-6H,7H2/b9-6-. The normalized spacial score (nSPS) is 13.8. The summed E-state index contributed by atoms with van der Waals surface area (Å²) in [6.07, 6.45) is -5.13. The molecule has 94 valence electrons. The van der Waals surface area contributed by atoms with Crippen LogP contribution in [0.4, 0.5) is 17.6 Å². The second-order valence-corrected chi connectivity index (χ2v) is 5.18. The molecule has 0 N–H and O–H groups in total. The molecule has 0 unspecified atom stereocenters. The predicted molar refractivity (Wildman–Crippen MR) is 53.7 cm³/mol. The number of hydrogen-bond acceptors (Lipinski definition) is 2. The van der Waals surface area contributed by atoms with E-state index in [1.54, 1.807) is 6.07 Å². The van der Waals surface area contributed by atoms with E-state index in [-0.39, 0.29) is 11.0 Å². The third-order valence-corrected chi connectivity index (χ3v) is 3.45. The molecule has 1 aromatic rings. The molecule has 1 rings (SSSR count). The molecule has 0 amide bonds. The molecule has 0 radical (unpaired) electrons. The van der Waals surface area contributed by atoms with Crippen LogP contribution in [0, 0.1) is 0 Å². The Morgan fingerprint density at radius 1 is 1.18 bits per heavy atom. The fourth-order valence-corrected chi connectivity index (χ4v) is 2.15. The second-order valence-electron chi connectivity index (χ2n) is 3.14. The van der Waals surface area contributed by atoms with Crippen molar-refractivity contribution in [1.82, 2.24) is 0 Å². The maximum absolute atomic E-state index is 12.4. The summed E-state index contributed by atoms with van der Waals surface area (Å²) in [6, 6.07) is 6.88. The van der Waals surface area contributed by atoms with Crippen molar-refractivity contribution < 1.29 is 26.0 Å². The van der Waals surface area contributed by atoms with Gasteiger partial charge < -0.3 is 0 Å². The highest BCUT2D eigenvalue weighted by Crippen LogP contribution is 2.26. The molecule has 0 aliphatic heterocycles. The van der Waals surface area contributed by atoms with Crippen LogP contribution in [0.5, 0.6) is 0 Å². The van der Waals surface area contributed by atoms with Crippen LogP contribution in [0.2, 0.25) is 0 Å². The molecular weight excluding hydrogens is 260 g/mol. The molecule has 0 spiro atoms. The van der Waals surface area contributed by atoms with E-state index < -0.39 is 27.6 Å². The molecule has 0 aromatic heterocycles. The van der Waals surface area contributed by atoms with Gasteiger partial charge in [-0.1, -0.05) is 18.2 Å².